The van der Waals surface area contributed by atoms with Crippen LogP contribution in [0.1, 0.15) is 11.6 Å². The molecular weight excluding hydrogens is 224 g/mol. The fourth-order valence-electron chi connectivity index (χ4n) is 1.48. The molecule has 88 valence electrons. The molecule has 1 aromatic rings. The molecule has 0 amide bonds. The average Bonchev–Trinajstić information content (AvgIpc) is 2.20. The molecule has 0 saturated carbocycles. The van der Waals surface area contributed by atoms with Crippen LogP contribution in [-0.2, 0) is 0 Å². The van der Waals surface area contributed by atoms with Gasteiger partial charge in [0.25, 0.3) is 0 Å². The van der Waals surface area contributed by atoms with Crippen LogP contribution in [0.3, 0.4) is 0 Å². The normalized spacial score (nSPS) is 12.5. The number of likely N-dealkylation sites (N-methyl/N-ethyl adjacent to an activating group) is 1. The standard InChI is InChI=1S/C11H17ClN4/c1-16(2)10(7-15-11(13)14)8-5-3-4-6-9(8)12/h3-6,10H,7H2,1-2H3,(H4,13,14,15). The van der Waals surface area contributed by atoms with Crippen molar-refractivity contribution in [3.05, 3.63) is 34.9 Å². The van der Waals surface area contributed by atoms with Crippen LogP contribution in [0.4, 0.5) is 0 Å². The van der Waals surface area contributed by atoms with Gasteiger partial charge >= 0.3 is 0 Å². The van der Waals surface area contributed by atoms with Crippen molar-refractivity contribution >= 4 is 17.6 Å². The van der Waals surface area contributed by atoms with Gasteiger partial charge in [-0.3, -0.25) is 4.99 Å². The summed E-state index contributed by atoms with van der Waals surface area (Å²) < 4.78 is 0. The molecule has 0 aliphatic heterocycles. The maximum atomic E-state index is 6.14. The van der Waals surface area contributed by atoms with E-state index < -0.39 is 0 Å². The number of rotatable bonds is 4. The highest BCUT2D eigenvalue weighted by atomic mass is 35.5. The van der Waals surface area contributed by atoms with Crippen LogP contribution in [0, 0.1) is 0 Å². The summed E-state index contributed by atoms with van der Waals surface area (Å²) in [6.07, 6.45) is 0. The van der Waals surface area contributed by atoms with Gasteiger partial charge in [-0.25, -0.2) is 0 Å². The van der Waals surface area contributed by atoms with Crippen LogP contribution in [0.2, 0.25) is 5.02 Å². The minimum Gasteiger partial charge on any atom is -0.370 e. The highest BCUT2D eigenvalue weighted by Gasteiger charge is 2.16. The number of nitrogens with zero attached hydrogens (tertiary/aromatic N) is 2. The molecule has 4 nitrogen and oxygen atoms in total. The molecule has 0 spiro atoms. The van der Waals surface area contributed by atoms with Gasteiger partial charge < -0.3 is 16.4 Å². The van der Waals surface area contributed by atoms with E-state index in [0.717, 1.165) is 10.6 Å². The Hall–Kier alpha value is -1.26. The van der Waals surface area contributed by atoms with E-state index in [4.69, 9.17) is 23.1 Å². The SMILES string of the molecule is CN(C)C(CN=C(N)N)c1ccccc1Cl. The van der Waals surface area contributed by atoms with Crippen molar-refractivity contribution in [1.29, 1.82) is 0 Å². The van der Waals surface area contributed by atoms with Gasteiger partial charge in [0.15, 0.2) is 5.96 Å². The Labute approximate surface area is 101 Å². The van der Waals surface area contributed by atoms with Crippen LogP contribution in [-0.4, -0.2) is 31.5 Å². The zero-order chi connectivity index (χ0) is 12.1. The lowest BCUT2D eigenvalue weighted by Gasteiger charge is -2.23. The zero-order valence-electron chi connectivity index (χ0n) is 9.52. The number of aliphatic imine (C=N–C) groups is 1. The summed E-state index contributed by atoms with van der Waals surface area (Å²) in [6, 6.07) is 7.78. The second-order valence-electron chi connectivity index (χ2n) is 3.77. The van der Waals surface area contributed by atoms with E-state index in [1.807, 2.05) is 43.3 Å². The predicted molar refractivity (Wildman–Crippen MR) is 68.6 cm³/mol. The van der Waals surface area contributed by atoms with Crippen molar-refractivity contribution in [2.45, 2.75) is 6.04 Å². The van der Waals surface area contributed by atoms with E-state index in [1.165, 1.54) is 0 Å². The smallest absolute Gasteiger partial charge is 0.185 e. The van der Waals surface area contributed by atoms with Gasteiger partial charge in [-0.15, -0.1) is 0 Å². The molecule has 0 fully saturated rings. The molecule has 1 atom stereocenters. The molecule has 1 aromatic carbocycles. The van der Waals surface area contributed by atoms with E-state index in [9.17, 15) is 0 Å². The van der Waals surface area contributed by atoms with Crippen LogP contribution in [0.15, 0.2) is 29.3 Å². The van der Waals surface area contributed by atoms with Crippen molar-refractivity contribution in [3.8, 4) is 0 Å². The van der Waals surface area contributed by atoms with Gasteiger partial charge in [-0.05, 0) is 25.7 Å². The fraction of sp³-hybridized carbons (Fsp3) is 0.364. The molecule has 16 heavy (non-hydrogen) atoms. The summed E-state index contributed by atoms with van der Waals surface area (Å²) in [4.78, 5) is 6.07. The van der Waals surface area contributed by atoms with Gasteiger partial charge in [-0.1, -0.05) is 29.8 Å². The Bertz CT molecular complexity index is 372. The minimum atomic E-state index is 0.0794. The number of nitrogens with two attached hydrogens (primary N) is 2. The molecule has 0 aromatic heterocycles. The first-order chi connectivity index (χ1) is 7.52. The van der Waals surface area contributed by atoms with Crippen LogP contribution < -0.4 is 11.5 Å². The van der Waals surface area contributed by atoms with Crippen molar-refractivity contribution in [1.82, 2.24) is 4.90 Å². The maximum absolute atomic E-state index is 6.14. The van der Waals surface area contributed by atoms with Crippen LogP contribution in [0.5, 0.6) is 0 Å². The second kappa shape index (κ2) is 5.72. The van der Waals surface area contributed by atoms with Gasteiger partial charge in [0.05, 0.1) is 12.6 Å². The van der Waals surface area contributed by atoms with Crippen molar-refractivity contribution in [2.24, 2.45) is 16.5 Å². The molecule has 0 saturated heterocycles. The predicted octanol–water partition coefficient (Wildman–Crippen LogP) is 1.22. The molecule has 4 N–H and O–H groups in total. The molecule has 0 bridgehead atoms. The third kappa shape index (κ3) is 3.40. The third-order valence-electron chi connectivity index (χ3n) is 2.33. The Morgan fingerprint density at radius 3 is 2.50 bits per heavy atom. The van der Waals surface area contributed by atoms with Crippen molar-refractivity contribution in [2.75, 3.05) is 20.6 Å². The lowest BCUT2D eigenvalue weighted by Crippen LogP contribution is -2.27. The quantitative estimate of drug-likeness (QED) is 0.614. The highest BCUT2D eigenvalue weighted by Crippen LogP contribution is 2.25. The summed E-state index contributed by atoms with van der Waals surface area (Å²) in [6.45, 7) is 0.499. The summed E-state index contributed by atoms with van der Waals surface area (Å²) in [7, 11) is 3.94. The molecule has 0 heterocycles. The number of guanidine groups is 1. The topological polar surface area (TPSA) is 67.6 Å². The monoisotopic (exact) mass is 240 g/mol. The van der Waals surface area contributed by atoms with Crippen LogP contribution in [0.25, 0.3) is 0 Å². The summed E-state index contributed by atoms with van der Waals surface area (Å²) in [5, 5.41) is 0.729. The van der Waals surface area contributed by atoms with Crippen molar-refractivity contribution < 1.29 is 0 Å². The molecule has 0 radical (unpaired) electrons. The Kier molecular flexibility index (Phi) is 4.58. The Balaban J connectivity index is 2.94. The first-order valence-electron chi connectivity index (χ1n) is 4.98. The second-order valence-corrected chi connectivity index (χ2v) is 4.17. The first kappa shape index (κ1) is 12.8. The lowest BCUT2D eigenvalue weighted by atomic mass is 10.1. The molecule has 0 aliphatic rings. The third-order valence-corrected chi connectivity index (χ3v) is 2.68. The maximum Gasteiger partial charge on any atom is 0.185 e. The molecular formula is C11H17ClN4. The van der Waals surface area contributed by atoms with Gasteiger partial charge in [0.2, 0.25) is 0 Å². The summed E-state index contributed by atoms with van der Waals surface area (Å²) >= 11 is 6.14. The van der Waals surface area contributed by atoms with E-state index in [1.54, 1.807) is 0 Å². The largest absolute Gasteiger partial charge is 0.370 e. The van der Waals surface area contributed by atoms with E-state index in [-0.39, 0.29) is 12.0 Å². The van der Waals surface area contributed by atoms with Gasteiger partial charge in [0.1, 0.15) is 0 Å². The van der Waals surface area contributed by atoms with Gasteiger partial charge in [0, 0.05) is 5.02 Å². The first-order valence-corrected chi connectivity index (χ1v) is 5.36. The van der Waals surface area contributed by atoms with Crippen LogP contribution >= 0.6 is 11.6 Å². The number of hydrogen-bond acceptors (Lipinski definition) is 2. The van der Waals surface area contributed by atoms with Crippen molar-refractivity contribution in [3.63, 3.8) is 0 Å². The van der Waals surface area contributed by atoms with E-state index in [2.05, 4.69) is 4.99 Å². The number of halogens is 1. The molecule has 0 aliphatic carbocycles. The minimum absolute atomic E-state index is 0.0794. The zero-order valence-corrected chi connectivity index (χ0v) is 10.3. The molecule has 1 unspecified atom stereocenters. The molecule has 1 rings (SSSR count). The van der Waals surface area contributed by atoms with Gasteiger partial charge in [-0.2, -0.15) is 0 Å². The molecule has 5 heteroatoms. The lowest BCUT2D eigenvalue weighted by molar-refractivity contribution is 0.306. The number of benzene rings is 1. The number of hydrogen-bond donors (Lipinski definition) is 2. The van der Waals surface area contributed by atoms with E-state index >= 15 is 0 Å². The average molecular weight is 241 g/mol. The fourth-order valence-corrected chi connectivity index (χ4v) is 1.74. The Morgan fingerprint density at radius 2 is 2.00 bits per heavy atom. The highest BCUT2D eigenvalue weighted by molar-refractivity contribution is 6.31. The van der Waals surface area contributed by atoms with E-state index in [0.29, 0.717) is 6.54 Å². The summed E-state index contributed by atoms with van der Waals surface area (Å²) in [5.74, 6) is 0.0962. The Morgan fingerprint density at radius 1 is 1.38 bits per heavy atom. The summed E-state index contributed by atoms with van der Waals surface area (Å²) in [5.41, 5.74) is 11.7.